The summed E-state index contributed by atoms with van der Waals surface area (Å²) in [7, 11) is 0. The summed E-state index contributed by atoms with van der Waals surface area (Å²) in [4.78, 5) is 5.31. The van der Waals surface area contributed by atoms with Crippen molar-refractivity contribution in [3.8, 4) is 22.3 Å². The topological polar surface area (TPSA) is 19.6 Å². The standard InChI is InChI=1S/C57H39BN2O/c1-56(2,3)35-27-29-36(30-28-35)60-48-31-32-50-52(40-19-8-13-26-49(40)61-50)51(48)41-33-34-15-4-5-16-37(34)54-53(41)58(60)46-24-14-23-45-55(46)59(54)47-25-12-11-22-44(47)57(45)42-20-9-6-17-38(42)39-18-7-10-21-43(39)57/h4-33H,1-3H3. The molecule has 14 rings (SSSR count). The van der Waals surface area contributed by atoms with Crippen molar-refractivity contribution in [3.05, 3.63) is 210 Å². The van der Waals surface area contributed by atoms with Crippen LogP contribution in [0.2, 0.25) is 0 Å². The molecule has 0 fully saturated rings. The quantitative estimate of drug-likeness (QED) is 0.155. The number of hydrogen-bond donors (Lipinski definition) is 0. The lowest BCUT2D eigenvalue weighted by molar-refractivity contribution is 0.590. The van der Waals surface area contributed by atoms with Crippen LogP contribution in [0.3, 0.4) is 0 Å². The third-order valence-corrected chi connectivity index (χ3v) is 14.4. The molecule has 1 spiro atoms. The van der Waals surface area contributed by atoms with Crippen LogP contribution >= 0.6 is 0 Å². The average molecular weight is 779 g/mol. The first kappa shape index (κ1) is 33.5. The highest BCUT2D eigenvalue weighted by Crippen LogP contribution is 2.64. The van der Waals surface area contributed by atoms with Gasteiger partial charge in [-0.15, -0.1) is 0 Å². The van der Waals surface area contributed by atoms with Gasteiger partial charge in [0.25, 0.3) is 0 Å². The molecule has 0 saturated heterocycles. The maximum Gasteiger partial charge on any atom is 0.333 e. The number of anilines is 5. The summed E-state index contributed by atoms with van der Waals surface area (Å²) < 4.78 is 6.66. The predicted molar refractivity (Wildman–Crippen MR) is 255 cm³/mol. The van der Waals surface area contributed by atoms with Crippen LogP contribution in [0.1, 0.15) is 48.6 Å². The van der Waals surface area contributed by atoms with E-state index in [9.17, 15) is 0 Å². The molecule has 4 heteroatoms. The van der Waals surface area contributed by atoms with Crippen LogP contribution in [-0.4, -0.2) is 6.85 Å². The van der Waals surface area contributed by atoms with Crippen molar-refractivity contribution in [3.63, 3.8) is 0 Å². The van der Waals surface area contributed by atoms with Gasteiger partial charge in [-0.3, -0.25) is 0 Å². The summed E-state index contributed by atoms with van der Waals surface area (Å²) in [6.07, 6.45) is 0. The fourth-order valence-electron chi connectivity index (χ4n) is 12.0. The van der Waals surface area contributed by atoms with Gasteiger partial charge in [-0.1, -0.05) is 160 Å². The van der Waals surface area contributed by atoms with E-state index in [0.717, 1.165) is 21.9 Å². The highest BCUT2D eigenvalue weighted by atomic mass is 16.3. The van der Waals surface area contributed by atoms with E-state index in [1.165, 1.54) is 100 Å². The molecule has 1 aliphatic carbocycles. The van der Waals surface area contributed by atoms with E-state index in [4.69, 9.17) is 4.42 Å². The second-order valence-electron chi connectivity index (χ2n) is 18.3. The van der Waals surface area contributed by atoms with E-state index in [1.54, 1.807) is 0 Å². The molecule has 286 valence electrons. The van der Waals surface area contributed by atoms with Gasteiger partial charge in [-0.05, 0) is 109 Å². The first-order valence-corrected chi connectivity index (χ1v) is 21.6. The Bertz CT molecular complexity index is 3510. The molecule has 4 heterocycles. The normalized spacial score (nSPS) is 14.8. The van der Waals surface area contributed by atoms with Crippen LogP contribution in [0.5, 0.6) is 0 Å². The lowest BCUT2D eigenvalue weighted by Crippen LogP contribution is -2.62. The fourth-order valence-corrected chi connectivity index (χ4v) is 12.0. The number of rotatable bonds is 1. The van der Waals surface area contributed by atoms with Crippen LogP contribution in [0.25, 0.3) is 55.0 Å². The Balaban J connectivity index is 1.18. The minimum absolute atomic E-state index is 0.0261. The molecule has 0 N–H and O–H groups in total. The SMILES string of the molecule is CC(C)(C)c1ccc(N2B3c4cccc5c4N(c4ccccc4C54c5ccccc5-c5ccccc54)c4c3c(cc3ccccc43)-c3c2ccc2oc4ccccc4c32)cc1. The Hall–Kier alpha value is -7.30. The number of para-hydroxylation sites is 3. The van der Waals surface area contributed by atoms with E-state index in [0.29, 0.717) is 0 Å². The van der Waals surface area contributed by atoms with E-state index in [2.05, 4.69) is 212 Å². The van der Waals surface area contributed by atoms with Crippen LogP contribution in [-0.2, 0) is 10.8 Å². The molecule has 10 aromatic rings. The van der Waals surface area contributed by atoms with Crippen LogP contribution < -0.4 is 20.6 Å². The third kappa shape index (κ3) is 4.06. The van der Waals surface area contributed by atoms with Gasteiger partial charge in [0.05, 0.1) is 16.8 Å². The van der Waals surface area contributed by atoms with Gasteiger partial charge in [-0.25, -0.2) is 0 Å². The van der Waals surface area contributed by atoms with Gasteiger partial charge in [0.1, 0.15) is 11.2 Å². The van der Waals surface area contributed by atoms with Gasteiger partial charge < -0.3 is 14.1 Å². The van der Waals surface area contributed by atoms with Crippen molar-refractivity contribution in [1.29, 1.82) is 0 Å². The van der Waals surface area contributed by atoms with E-state index in [-0.39, 0.29) is 12.3 Å². The predicted octanol–water partition coefficient (Wildman–Crippen LogP) is 13.4. The molecule has 3 nitrogen and oxygen atoms in total. The molecular formula is C57H39BN2O. The molecule has 0 unspecified atom stereocenters. The van der Waals surface area contributed by atoms with Crippen molar-refractivity contribution >= 4 is 78.9 Å². The summed E-state index contributed by atoms with van der Waals surface area (Å²) in [5.41, 5.74) is 21.8. The largest absolute Gasteiger partial charge is 0.456 e. The Morgan fingerprint density at radius 2 is 1.16 bits per heavy atom. The fraction of sp³-hybridized carbons (Fsp3) is 0.0877. The van der Waals surface area contributed by atoms with Crippen LogP contribution in [0.15, 0.2) is 186 Å². The van der Waals surface area contributed by atoms with Gasteiger partial charge in [0, 0.05) is 38.8 Å². The monoisotopic (exact) mass is 778 g/mol. The van der Waals surface area contributed by atoms with E-state index >= 15 is 0 Å². The number of fused-ring (bicyclic) bond motifs is 19. The van der Waals surface area contributed by atoms with Crippen molar-refractivity contribution in [2.75, 3.05) is 9.71 Å². The van der Waals surface area contributed by atoms with Gasteiger partial charge in [-0.2, -0.15) is 0 Å². The summed E-state index contributed by atoms with van der Waals surface area (Å²) in [6, 6.07) is 68.6. The lowest BCUT2D eigenvalue weighted by atomic mass is 9.42. The Morgan fingerprint density at radius 3 is 1.93 bits per heavy atom. The number of furan rings is 1. The molecule has 9 aromatic carbocycles. The Kier molecular flexibility index (Phi) is 6.32. The Labute approximate surface area is 355 Å². The molecular weight excluding hydrogens is 739 g/mol. The lowest BCUT2D eigenvalue weighted by Gasteiger charge is -2.51. The minimum atomic E-state index is -0.510. The smallest absolute Gasteiger partial charge is 0.333 e. The zero-order valence-electron chi connectivity index (χ0n) is 34.2. The van der Waals surface area contributed by atoms with E-state index < -0.39 is 5.41 Å². The first-order valence-electron chi connectivity index (χ1n) is 21.6. The average Bonchev–Trinajstić information content (AvgIpc) is 3.82. The molecule has 61 heavy (non-hydrogen) atoms. The van der Waals surface area contributed by atoms with Gasteiger partial charge in [0.2, 0.25) is 0 Å². The maximum absolute atomic E-state index is 6.66. The van der Waals surface area contributed by atoms with Crippen molar-refractivity contribution in [2.24, 2.45) is 0 Å². The molecule has 1 aromatic heterocycles. The summed E-state index contributed by atoms with van der Waals surface area (Å²) in [5, 5.41) is 4.78. The third-order valence-electron chi connectivity index (χ3n) is 14.4. The van der Waals surface area contributed by atoms with Crippen molar-refractivity contribution in [2.45, 2.75) is 31.6 Å². The highest BCUT2D eigenvalue weighted by molar-refractivity contribution is 6.94. The molecule has 0 saturated carbocycles. The molecule has 0 amide bonds. The minimum Gasteiger partial charge on any atom is -0.456 e. The van der Waals surface area contributed by atoms with Crippen molar-refractivity contribution in [1.82, 2.24) is 0 Å². The van der Waals surface area contributed by atoms with Crippen LogP contribution in [0.4, 0.5) is 28.4 Å². The molecule has 3 aliphatic heterocycles. The molecule has 0 bridgehead atoms. The zero-order valence-corrected chi connectivity index (χ0v) is 34.2. The maximum atomic E-state index is 6.66. The molecule has 0 atom stereocenters. The summed E-state index contributed by atoms with van der Waals surface area (Å²) in [5.74, 6) is 0. The zero-order chi connectivity index (χ0) is 40.4. The first-order chi connectivity index (χ1) is 29.9. The van der Waals surface area contributed by atoms with Crippen molar-refractivity contribution < 1.29 is 4.42 Å². The van der Waals surface area contributed by atoms with Crippen LogP contribution in [0, 0.1) is 0 Å². The molecule has 0 radical (unpaired) electrons. The van der Waals surface area contributed by atoms with E-state index in [1.807, 2.05) is 0 Å². The number of benzene rings is 9. The van der Waals surface area contributed by atoms with Gasteiger partial charge >= 0.3 is 6.85 Å². The second-order valence-corrected chi connectivity index (χ2v) is 18.3. The Morgan fingerprint density at radius 1 is 0.508 bits per heavy atom. The number of nitrogens with zero attached hydrogens (tertiary/aromatic N) is 2. The highest BCUT2D eigenvalue weighted by Gasteiger charge is 2.56. The number of hydrogen-bond acceptors (Lipinski definition) is 3. The van der Waals surface area contributed by atoms with Gasteiger partial charge in [0.15, 0.2) is 0 Å². The molecule has 4 aliphatic rings. The summed E-state index contributed by atoms with van der Waals surface area (Å²) >= 11 is 0. The summed E-state index contributed by atoms with van der Waals surface area (Å²) in [6.45, 7) is 6.77. The second kappa shape index (κ2) is 11.5.